The van der Waals surface area contributed by atoms with Gasteiger partial charge in [-0.2, -0.15) is 0 Å². The number of hydrogen-bond donors (Lipinski definition) is 1. The first-order valence-electron chi connectivity index (χ1n) is 11.2. The molecule has 0 saturated carbocycles. The van der Waals surface area contributed by atoms with Crippen molar-refractivity contribution in [2.24, 2.45) is 10.9 Å². The maximum Gasteiger partial charge on any atom is 0.131 e. The predicted molar refractivity (Wildman–Crippen MR) is 124 cm³/mol. The zero-order valence-electron chi connectivity index (χ0n) is 18.8. The summed E-state index contributed by atoms with van der Waals surface area (Å²) in [6, 6.07) is 19.3. The van der Waals surface area contributed by atoms with Crippen molar-refractivity contribution in [2.45, 2.75) is 52.2 Å². The first kappa shape index (κ1) is 22.5. The zero-order chi connectivity index (χ0) is 21.6. The number of aliphatic hydroxyl groups is 1. The van der Waals surface area contributed by atoms with E-state index < -0.39 is 5.60 Å². The summed E-state index contributed by atoms with van der Waals surface area (Å²) in [6.45, 7) is 11.2. The van der Waals surface area contributed by atoms with E-state index in [1.807, 2.05) is 26.0 Å². The number of amidine groups is 1. The smallest absolute Gasteiger partial charge is 0.131 e. The van der Waals surface area contributed by atoms with Crippen LogP contribution in [0.1, 0.15) is 63.3 Å². The lowest BCUT2D eigenvalue weighted by atomic mass is 9.85. The molecule has 0 spiro atoms. The molecule has 0 amide bonds. The lowest BCUT2D eigenvalue weighted by Crippen LogP contribution is -2.41. The van der Waals surface area contributed by atoms with Gasteiger partial charge in [0.1, 0.15) is 5.84 Å². The van der Waals surface area contributed by atoms with Crippen molar-refractivity contribution >= 4 is 5.84 Å². The second kappa shape index (κ2) is 10.2. The number of ether oxygens (including phenoxy) is 1. The Kier molecular flexibility index (Phi) is 7.68. The molecule has 4 heteroatoms. The van der Waals surface area contributed by atoms with Crippen LogP contribution < -0.4 is 0 Å². The molecule has 1 atom stereocenters. The van der Waals surface area contributed by atoms with Crippen LogP contribution in [0.15, 0.2) is 59.6 Å². The molecule has 0 radical (unpaired) electrons. The van der Waals surface area contributed by atoms with Crippen molar-refractivity contribution in [3.8, 4) is 0 Å². The molecule has 1 unspecified atom stereocenters. The molecule has 0 aliphatic carbocycles. The molecule has 1 N–H and O–H groups in total. The summed E-state index contributed by atoms with van der Waals surface area (Å²) in [5.41, 5.74) is 2.50. The van der Waals surface area contributed by atoms with Crippen LogP contribution in [0.2, 0.25) is 0 Å². The third-order valence-electron chi connectivity index (χ3n) is 5.96. The number of hydrogen-bond acceptors (Lipinski definition) is 3. The molecule has 162 valence electrons. The summed E-state index contributed by atoms with van der Waals surface area (Å²) < 4.78 is 5.66. The molecule has 1 saturated heterocycles. The average molecular weight is 409 g/mol. The van der Waals surface area contributed by atoms with Crippen LogP contribution in [-0.4, -0.2) is 42.1 Å². The summed E-state index contributed by atoms with van der Waals surface area (Å²) in [4.78, 5) is 7.41. The van der Waals surface area contributed by atoms with Gasteiger partial charge in [-0.15, -0.1) is 0 Å². The van der Waals surface area contributed by atoms with Crippen molar-refractivity contribution in [3.63, 3.8) is 0 Å². The molecule has 0 aromatic heterocycles. The second-order valence-corrected chi connectivity index (χ2v) is 8.53. The van der Waals surface area contributed by atoms with Gasteiger partial charge < -0.3 is 14.7 Å². The normalized spacial score (nSPS) is 17.0. The first-order valence-corrected chi connectivity index (χ1v) is 11.2. The van der Waals surface area contributed by atoms with Gasteiger partial charge in [-0.05, 0) is 57.6 Å². The van der Waals surface area contributed by atoms with E-state index in [0.29, 0.717) is 5.92 Å². The van der Waals surface area contributed by atoms with Crippen molar-refractivity contribution in [2.75, 3.05) is 26.3 Å². The predicted octanol–water partition coefficient (Wildman–Crippen LogP) is 5.17. The van der Waals surface area contributed by atoms with Gasteiger partial charge in [0, 0.05) is 31.9 Å². The SMILES string of the molecule is CCN=C(c1ccc(C(C)(C)O)cc1)N(CC)C(c1ccccc1)C1CCOCC1. The second-order valence-electron chi connectivity index (χ2n) is 8.53. The summed E-state index contributed by atoms with van der Waals surface area (Å²) >= 11 is 0. The maximum absolute atomic E-state index is 10.3. The Balaban J connectivity index is 2.01. The topological polar surface area (TPSA) is 45.1 Å². The van der Waals surface area contributed by atoms with Crippen LogP contribution in [0, 0.1) is 5.92 Å². The Morgan fingerprint density at radius 1 is 1.07 bits per heavy atom. The Bertz CT molecular complexity index is 803. The molecule has 30 heavy (non-hydrogen) atoms. The van der Waals surface area contributed by atoms with Gasteiger partial charge >= 0.3 is 0 Å². The third kappa shape index (κ3) is 5.30. The van der Waals surface area contributed by atoms with E-state index in [1.54, 1.807) is 0 Å². The summed E-state index contributed by atoms with van der Waals surface area (Å²) in [7, 11) is 0. The molecule has 0 bridgehead atoms. The van der Waals surface area contributed by atoms with Crippen molar-refractivity contribution in [1.82, 2.24) is 4.90 Å². The molecule has 1 fully saturated rings. The van der Waals surface area contributed by atoms with Crippen LogP contribution >= 0.6 is 0 Å². The van der Waals surface area contributed by atoms with Crippen molar-refractivity contribution in [3.05, 3.63) is 71.3 Å². The summed E-state index contributed by atoms with van der Waals surface area (Å²) in [6.07, 6.45) is 2.13. The van der Waals surface area contributed by atoms with Gasteiger partial charge in [-0.25, -0.2) is 0 Å². The fourth-order valence-electron chi connectivity index (χ4n) is 4.39. The minimum Gasteiger partial charge on any atom is -0.386 e. The first-order chi connectivity index (χ1) is 14.5. The highest BCUT2D eigenvalue weighted by Crippen LogP contribution is 2.36. The van der Waals surface area contributed by atoms with Crippen LogP contribution in [0.4, 0.5) is 0 Å². The number of benzene rings is 2. The Labute approximate surface area is 181 Å². The average Bonchev–Trinajstić information content (AvgIpc) is 2.77. The molecular weight excluding hydrogens is 372 g/mol. The highest BCUT2D eigenvalue weighted by atomic mass is 16.5. The highest BCUT2D eigenvalue weighted by Gasteiger charge is 2.32. The molecule has 2 aromatic rings. The Morgan fingerprint density at radius 3 is 2.23 bits per heavy atom. The fraction of sp³-hybridized carbons (Fsp3) is 0.500. The standard InChI is InChI=1S/C26H36N2O2/c1-5-27-25(22-12-14-23(15-13-22)26(3,4)29)28(6-2)24(20-10-8-7-9-11-20)21-16-18-30-19-17-21/h7-15,21,24,29H,5-6,16-19H2,1-4H3. The maximum atomic E-state index is 10.3. The minimum absolute atomic E-state index is 0.263. The molecule has 1 aliphatic heterocycles. The molecule has 1 aliphatic rings. The summed E-state index contributed by atoms with van der Waals surface area (Å²) in [5, 5.41) is 10.3. The van der Waals surface area contributed by atoms with E-state index in [0.717, 1.165) is 56.1 Å². The lowest BCUT2D eigenvalue weighted by molar-refractivity contribution is 0.0402. The number of rotatable bonds is 7. The largest absolute Gasteiger partial charge is 0.386 e. The molecule has 4 nitrogen and oxygen atoms in total. The molecule has 3 rings (SSSR count). The van der Waals surface area contributed by atoms with Crippen LogP contribution in [0.25, 0.3) is 0 Å². The molecule has 1 heterocycles. The number of nitrogens with zero attached hydrogens (tertiary/aromatic N) is 2. The summed E-state index contributed by atoms with van der Waals surface area (Å²) in [5.74, 6) is 1.56. The van der Waals surface area contributed by atoms with Gasteiger partial charge in [-0.1, -0.05) is 54.6 Å². The van der Waals surface area contributed by atoms with Gasteiger partial charge in [0.25, 0.3) is 0 Å². The molecule has 2 aromatic carbocycles. The minimum atomic E-state index is -0.848. The van der Waals surface area contributed by atoms with E-state index in [9.17, 15) is 5.11 Å². The number of aliphatic imine (C=N–C) groups is 1. The van der Waals surface area contributed by atoms with E-state index in [2.05, 4.69) is 61.2 Å². The lowest BCUT2D eigenvalue weighted by Gasteiger charge is -2.40. The monoisotopic (exact) mass is 408 g/mol. The van der Waals surface area contributed by atoms with Crippen LogP contribution in [0.5, 0.6) is 0 Å². The Hall–Kier alpha value is -2.17. The molecular formula is C26H36N2O2. The van der Waals surface area contributed by atoms with E-state index in [1.165, 1.54) is 5.56 Å². The van der Waals surface area contributed by atoms with E-state index in [-0.39, 0.29) is 6.04 Å². The van der Waals surface area contributed by atoms with Gasteiger partial charge in [0.05, 0.1) is 11.6 Å². The highest BCUT2D eigenvalue weighted by molar-refractivity contribution is 5.99. The fourth-order valence-corrected chi connectivity index (χ4v) is 4.39. The van der Waals surface area contributed by atoms with Crippen LogP contribution in [-0.2, 0) is 10.3 Å². The van der Waals surface area contributed by atoms with Gasteiger partial charge in [0.2, 0.25) is 0 Å². The Morgan fingerprint density at radius 2 is 1.70 bits per heavy atom. The van der Waals surface area contributed by atoms with Gasteiger partial charge in [0.15, 0.2) is 0 Å². The van der Waals surface area contributed by atoms with Crippen molar-refractivity contribution < 1.29 is 9.84 Å². The zero-order valence-corrected chi connectivity index (χ0v) is 18.8. The van der Waals surface area contributed by atoms with Gasteiger partial charge in [-0.3, -0.25) is 4.99 Å². The van der Waals surface area contributed by atoms with Crippen LogP contribution in [0.3, 0.4) is 0 Å². The van der Waals surface area contributed by atoms with Crippen molar-refractivity contribution in [1.29, 1.82) is 0 Å². The van der Waals surface area contributed by atoms with E-state index >= 15 is 0 Å². The third-order valence-corrected chi connectivity index (χ3v) is 5.96. The van der Waals surface area contributed by atoms with E-state index in [4.69, 9.17) is 9.73 Å². The quantitative estimate of drug-likeness (QED) is 0.508.